The number of nitrogens with one attached hydrogen (secondary N) is 2. The molecule has 1 saturated heterocycles. The van der Waals surface area contributed by atoms with Crippen LogP contribution in [0.1, 0.15) is 31.2 Å². The molecule has 1 aliphatic rings. The summed E-state index contributed by atoms with van der Waals surface area (Å²) in [7, 11) is 0. The van der Waals surface area contributed by atoms with Crippen molar-refractivity contribution in [2.24, 2.45) is 0 Å². The zero-order valence-corrected chi connectivity index (χ0v) is 15.9. The van der Waals surface area contributed by atoms with Crippen LogP contribution in [-0.4, -0.2) is 50.6 Å². The fourth-order valence-corrected chi connectivity index (χ4v) is 3.29. The van der Waals surface area contributed by atoms with Crippen LogP contribution in [0.15, 0.2) is 30.6 Å². The van der Waals surface area contributed by atoms with E-state index in [9.17, 15) is 14.0 Å². The van der Waals surface area contributed by atoms with E-state index >= 15 is 0 Å². The molecule has 150 valence electrons. The standard InChI is InChI=1S/C19H25FN6O2/c1-2-8-26-13-23-24-17(26)11-22-18(27)10-16-19(28)21-7-9-25(16)12-14-5-3-4-6-15(14)20/h3-6,13,16H,2,7-12H2,1H3,(H,21,28)(H,22,27)/t16-/m1/s1. The zero-order valence-electron chi connectivity index (χ0n) is 15.9. The minimum Gasteiger partial charge on any atom is -0.353 e. The Labute approximate surface area is 163 Å². The molecule has 0 saturated carbocycles. The SMILES string of the molecule is CCCn1cnnc1CNC(=O)C[C@@H]1C(=O)NCCN1Cc1ccccc1F. The summed E-state index contributed by atoms with van der Waals surface area (Å²) in [5.74, 6) is -0.114. The minimum absolute atomic E-state index is 0.00218. The summed E-state index contributed by atoms with van der Waals surface area (Å²) >= 11 is 0. The third kappa shape index (κ3) is 4.92. The van der Waals surface area contributed by atoms with E-state index in [0.29, 0.717) is 24.5 Å². The molecule has 2 N–H and O–H groups in total. The Hall–Kier alpha value is -2.81. The molecule has 0 aliphatic carbocycles. The van der Waals surface area contributed by atoms with Crippen molar-refractivity contribution in [1.82, 2.24) is 30.3 Å². The van der Waals surface area contributed by atoms with Gasteiger partial charge in [0.15, 0.2) is 5.82 Å². The van der Waals surface area contributed by atoms with Crippen LogP contribution in [0, 0.1) is 5.82 Å². The number of nitrogens with zero attached hydrogens (tertiary/aromatic N) is 4. The smallest absolute Gasteiger partial charge is 0.237 e. The molecule has 1 aromatic carbocycles. The van der Waals surface area contributed by atoms with Crippen LogP contribution >= 0.6 is 0 Å². The summed E-state index contributed by atoms with van der Waals surface area (Å²) in [6.45, 7) is 4.39. The first-order chi connectivity index (χ1) is 13.6. The molecule has 1 fully saturated rings. The lowest BCUT2D eigenvalue weighted by Gasteiger charge is -2.34. The second kappa shape index (κ2) is 9.41. The van der Waals surface area contributed by atoms with Gasteiger partial charge in [0, 0.05) is 31.7 Å². The van der Waals surface area contributed by atoms with E-state index < -0.39 is 6.04 Å². The Balaban J connectivity index is 1.60. The Morgan fingerprint density at radius 1 is 1.39 bits per heavy atom. The number of aryl methyl sites for hydroxylation is 1. The normalized spacial score (nSPS) is 17.4. The average molecular weight is 388 g/mol. The van der Waals surface area contributed by atoms with Gasteiger partial charge >= 0.3 is 0 Å². The Morgan fingerprint density at radius 3 is 3.00 bits per heavy atom. The van der Waals surface area contributed by atoms with Gasteiger partial charge in [0.2, 0.25) is 11.8 Å². The summed E-state index contributed by atoms with van der Waals surface area (Å²) in [5.41, 5.74) is 0.510. The number of benzene rings is 1. The van der Waals surface area contributed by atoms with Crippen LogP contribution in [0.25, 0.3) is 0 Å². The second-order valence-corrected chi connectivity index (χ2v) is 6.79. The molecule has 1 aliphatic heterocycles. The van der Waals surface area contributed by atoms with E-state index in [0.717, 1.165) is 13.0 Å². The number of piperazine rings is 1. The van der Waals surface area contributed by atoms with Crippen molar-refractivity contribution in [2.45, 2.75) is 45.4 Å². The first kappa shape index (κ1) is 19.9. The van der Waals surface area contributed by atoms with Crippen molar-refractivity contribution in [3.8, 4) is 0 Å². The van der Waals surface area contributed by atoms with Gasteiger partial charge in [-0.3, -0.25) is 14.5 Å². The number of halogens is 1. The predicted molar refractivity (Wildman–Crippen MR) is 100 cm³/mol. The fraction of sp³-hybridized carbons (Fsp3) is 0.474. The number of rotatable bonds is 8. The van der Waals surface area contributed by atoms with Crippen molar-refractivity contribution in [3.63, 3.8) is 0 Å². The van der Waals surface area contributed by atoms with E-state index in [2.05, 4.69) is 20.8 Å². The summed E-state index contributed by atoms with van der Waals surface area (Å²) in [4.78, 5) is 26.6. The van der Waals surface area contributed by atoms with Crippen LogP contribution in [0.2, 0.25) is 0 Å². The molecular formula is C19H25FN6O2. The van der Waals surface area contributed by atoms with E-state index in [1.807, 2.05) is 16.4 Å². The number of hydrogen-bond donors (Lipinski definition) is 2. The zero-order chi connectivity index (χ0) is 19.9. The van der Waals surface area contributed by atoms with E-state index in [-0.39, 0.29) is 37.1 Å². The molecule has 28 heavy (non-hydrogen) atoms. The van der Waals surface area contributed by atoms with Gasteiger partial charge in [-0.25, -0.2) is 4.39 Å². The largest absolute Gasteiger partial charge is 0.353 e. The van der Waals surface area contributed by atoms with Gasteiger partial charge in [0.05, 0.1) is 19.0 Å². The summed E-state index contributed by atoms with van der Waals surface area (Å²) in [6.07, 6.45) is 2.57. The van der Waals surface area contributed by atoms with Crippen molar-refractivity contribution in [1.29, 1.82) is 0 Å². The van der Waals surface area contributed by atoms with Crippen LogP contribution in [0.4, 0.5) is 4.39 Å². The Morgan fingerprint density at radius 2 is 2.21 bits per heavy atom. The molecule has 1 aromatic heterocycles. The van der Waals surface area contributed by atoms with Crippen LogP contribution < -0.4 is 10.6 Å². The van der Waals surface area contributed by atoms with Gasteiger partial charge in [-0.05, 0) is 12.5 Å². The van der Waals surface area contributed by atoms with Gasteiger partial charge in [0.1, 0.15) is 12.1 Å². The van der Waals surface area contributed by atoms with Gasteiger partial charge in [-0.1, -0.05) is 25.1 Å². The monoisotopic (exact) mass is 388 g/mol. The van der Waals surface area contributed by atoms with Gasteiger partial charge in [-0.15, -0.1) is 10.2 Å². The molecule has 8 nitrogen and oxygen atoms in total. The first-order valence-electron chi connectivity index (χ1n) is 9.47. The van der Waals surface area contributed by atoms with Gasteiger partial charge < -0.3 is 15.2 Å². The summed E-state index contributed by atoms with van der Waals surface area (Å²) < 4.78 is 15.9. The molecule has 2 heterocycles. The minimum atomic E-state index is -0.637. The maximum atomic E-state index is 14.0. The number of amides is 2. The predicted octanol–water partition coefficient (Wildman–Crippen LogP) is 0.834. The molecule has 2 aromatic rings. The Kier molecular flexibility index (Phi) is 6.70. The quantitative estimate of drug-likeness (QED) is 0.699. The molecule has 0 bridgehead atoms. The van der Waals surface area contributed by atoms with Gasteiger partial charge in [0.25, 0.3) is 0 Å². The van der Waals surface area contributed by atoms with Gasteiger partial charge in [-0.2, -0.15) is 0 Å². The molecule has 0 unspecified atom stereocenters. The fourth-order valence-electron chi connectivity index (χ4n) is 3.29. The molecule has 1 atom stereocenters. The molecular weight excluding hydrogens is 363 g/mol. The highest BCUT2D eigenvalue weighted by Crippen LogP contribution is 2.16. The highest BCUT2D eigenvalue weighted by atomic mass is 19.1. The maximum absolute atomic E-state index is 14.0. The third-order valence-corrected chi connectivity index (χ3v) is 4.76. The van der Waals surface area contributed by atoms with Crippen molar-refractivity contribution >= 4 is 11.8 Å². The lowest BCUT2D eigenvalue weighted by atomic mass is 10.1. The topological polar surface area (TPSA) is 92.1 Å². The maximum Gasteiger partial charge on any atom is 0.237 e. The molecule has 0 radical (unpaired) electrons. The second-order valence-electron chi connectivity index (χ2n) is 6.79. The molecule has 0 spiro atoms. The Bertz CT molecular complexity index is 824. The molecule has 9 heteroatoms. The number of aromatic nitrogens is 3. The molecule has 3 rings (SSSR count). The van der Waals surface area contributed by atoms with Crippen molar-refractivity contribution in [2.75, 3.05) is 13.1 Å². The number of carbonyl (C=O) groups excluding carboxylic acids is 2. The lowest BCUT2D eigenvalue weighted by Crippen LogP contribution is -2.56. The number of hydrogen-bond acceptors (Lipinski definition) is 5. The summed E-state index contributed by atoms with van der Waals surface area (Å²) in [6, 6.07) is 5.84. The van der Waals surface area contributed by atoms with Crippen LogP contribution in [0.5, 0.6) is 0 Å². The number of carbonyl (C=O) groups is 2. The van der Waals surface area contributed by atoms with E-state index in [4.69, 9.17) is 0 Å². The highest BCUT2D eigenvalue weighted by molar-refractivity contribution is 5.88. The summed E-state index contributed by atoms with van der Waals surface area (Å²) in [5, 5.41) is 13.5. The van der Waals surface area contributed by atoms with Crippen LogP contribution in [0.3, 0.4) is 0 Å². The van der Waals surface area contributed by atoms with Crippen LogP contribution in [-0.2, 0) is 29.2 Å². The van der Waals surface area contributed by atoms with E-state index in [1.54, 1.807) is 24.5 Å². The highest BCUT2D eigenvalue weighted by Gasteiger charge is 2.32. The van der Waals surface area contributed by atoms with E-state index in [1.165, 1.54) is 6.07 Å². The van der Waals surface area contributed by atoms with Crippen molar-refractivity contribution < 1.29 is 14.0 Å². The lowest BCUT2D eigenvalue weighted by molar-refractivity contribution is -0.134. The average Bonchev–Trinajstić information content (AvgIpc) is 3.12. The first-order valence-corrected chi connectivity index (χ1v) is 9.47. The molecule has 2 amide bonds. The third-order valence-electron chi connectivity index (χ3n) is 4.76. The van der Waals surface area contributed by atoms with Crippen molar-refractivity contribution in [3.05, 3.63) is 47.8 Å².